The standard InChI is InChI=1S/C14H17N3O/c1-10-3-4-11(2)13(7-10)17-14(18)6-5-12-8-15-9-16-12/h3-4,7-9H,5-6H2,1-2H3,(H,15,16)(H,17,18). The fourth-order valence-electron chi connectivity index (χ4n) is 1.75. The molecular formula is C14H17N3O. The molecule has 0 aliphatic heterocycles. The molecule has 94 valence electrons. The zero-order valence-electron chi connectivity index (χ0n) is 10.7. The summed E-state index contributed by atoms with van der Waals surface area (Å²) < 4.78 is 0. The van der Waals surface area contributed by atoms with E-state index in [1.165, 1.54) is 0 Å². The van der Waals surface area contributed by atoms with Crippen LogP contribution in [0.4, 0.5) is 5.69 Å². The van der Waals surface area contributed by atoms with Gasteiger partial charge in [0.25, 0.3) is 0 Å². The lowest BCUT2D eigenvalue weighted by Gasteiger charge is -2.09. The second-order valence-corrected chi connectivity index (χ2v) is 4.44. The third-order valence-electron chi connectivity index (χ3n) is 2.84. The van der Waals surface area contributed by atoms with Gasteiger partial charge in [0.05, 0.1) is 6.33 Å². The average molecular weight is 243 g/mol. The highest BCUT2D eigenvalue weighted by atomic mass is 16.1. The lowest BCUT2D eigenvalue weighted by atomic mass is 10.1. The number of hydrogen-bond donors (Lipinski definition) is 2. The van der Waals surface area contributed by atoms with E-state index in [9.17, 15) is 4.79 Å². The highest BCUT2D eigenvalue weighted by molar-refractivity contribution is 5.91. The molecule has 18 heavy (non-hydrogen) atoms. The summed E-state index contributed by atoms with van der Waals surface area (Å²) in [4.78, 5) is 18.7. The maximum Gasteiger partial charge on any atom is 0.224 e. The van der Waals surface area contributed by atoms with Gasteiger partial charge in [-0.2, -0.15) is 0 Å². The van der Waals surface area contributed by atoms with Gasteiger partial charge in [0, 0.05) is 24.0 Å². The fraction of sp³-hybridized carbons (Fsp3) is 0.286. The van der Waals surface area contributed by atoms with Crippen molar-refractivity contribution in [3.8, 4) is 0 Å². The summed E-state index contributed by atoms with van der Waals surface area (Å²) in [5, 5.41) is 2.94. The molecule has 1 amide bonds. The molecule has 1 heterocycles. The second-order valence-electron chi connectivity index (χ2n) is 4.44. The van der Waals surface area contributed by atoms with Crippen molar-refractivity contribution in [2.45, 2.75) is 26.7 Å². The number of amides is 1. The average Bonchev–Trinajstić information content (AvgIpc) is 2.84. The summed E-state index contributed by atoms with van der Waals surface area (Å²) in [7, 11) is 0. The monoisotopic (exact) mass is 243 g/mol. The van der Waals surface area contributed by atoms with Crippen molar-refractivity contribution in [2.24, 2.45) is 0 Å². The number of carbonyl (C=O) groups is 1. The molecule has 1 aromatic heterocycles. The zero-order chi connectivity index (χ0) is 13.0. The van der Waals surface area contributed by atoms with Crippen LogP contribution in [-0.4, -0.2) is 15.9 Å². The number of aromatic nitrogens is 2. The number of imidazole rings is 1. The summed E-state index contributed by atoms with van der Waals surface area (Å²) in [6.07, 6.45) is 4.50. The molecular weight excluding hydrogens is 226 g/mol. The molecule has 4 heteroatoms. The Kier molecular flexibility index (Phi) is 3.77. The van der Waals surface area contributed by atoms with Crippen LogP contribution in [0.3, 0.4) is 0 Å². The highest BCUT2D eigenvalue weighted by Gasteiger charge is 2.06. The molecule has 1 aromatic carbocycles. The van der Waals surface area contributed by atoms with Crippen LogP contribution >= 0.6 is 0 Å². The Labute approximate surface area is 106 Å². The smallest absolute Gasteiger partial charge is 0.224 e. The van der Waals surface area contributed by atoms with Gasteiger partial charge in [0.2, 0.25) is 5.91 Å². The second kappa shape index (κ2) is 5.49. The summed E-state index contributed by atoms with van der Waals surface area (Å²) in [6, 6.07) is 6.04. The van der Waals surface area contributed by atoms with E-state index in [0.717, 1.165) is 22.5 Å². The minimum Gasteiger partial charge on any atom is -0.348 e. The van der Waals surface area contributed by atoms with Crippen LogP contribution in [0.15, 0.2) is 30.7 Å². The van der Waals surface area contributed by atoms with E-state index in [1.807, 2.05) is 32.0 Å². The van der Waals surface area contributed by atoms with Crippen LogP contribution < -0.4 is 5.32 Å². The Morgan fingerprint density at radius 2 is 2.22 bits per heavy atom. The Morgan fingerprint density at radius 1 is 1.39 bits per heavy atom. The van der Waals surface area contributed by atoms with Crippen molar-refractivity contribution in [1.82, 2.24) is 9.97 Å². The summed E-state index contributed by atoms with van der Waals surface area (Å²) >= 11 is 0. The number of aryl methyl sites for hydroxylation is 3. The maximum absolute atomic E-state index is 11.8. The summed E-state index contributed by atoms with van der Waals surface area (Å²) in [5.41, 5.74) is 4.09. The Bertz CT molecular complexity index is 532. The molecule has 0 unspecified atom stereocenters. The van der Waals surface area contributed by atoms with Crippen LogP contribution in [-0.2, 0) is 11.2 Å². The lowest BCUT2D eigenvalue weighted by molar-refractivity contribution is -0.116. The van der Waals surface area contributed by atoms with Crippen LogP contribution in [0.1, 0.15) is 23.2 Å². The van der Waals surface area contributed by atoms with Crippen LogP contribution in [0.25, 0.3) is 0 Å². The first-order valence-corrected chi connectivity index (χ1v) is 5.99. The minimum atomic E-state index is 0.0262. The molecule has 0 saturated carbocycles. The quantitative estimate of drug-likeness (QED) is 0.867. The SMILES string of the molecule is Cc1ccc(C)c(NC(=O)CCc2cnc[nH]2)c1. The van der Waals surface area contributed by atoms with Crippen LogP contribution in [0.5, 0.6) is 0 Å². The number of carbonyl (C=O) groups excluding carboxylic acids is 1. The van der Waals surface area contributed by atoms with Crippen molar-refractivity contribution < 1.29 is 4.79 Å². The molecule has 0 fully saturated rings. The zero-order valence-corrected chi connectivity index (χ0v) is 10.7. The van der Waals surface area contributed by atoms with Crippen molar-refractivity contribution in [3.63, 3.8) is 0 Å². The van der Waals surface area contributed by atoms with E-state index < -0.39 is 0 Å². The van der Waals surface area contributed by atoms with Crippen LogP contribution in [0.2, 0.25) is 0 Å². The first kappa shape index (κ1) is 12.4. The largest absolute Gasteiger partial charge is 0.348 e. The normalized spacial score (nSPS) is 10.3. The topological polar surface area (TPSA) is 57.8 Å². The Morgan fingerprint density at radius 3 is 2.94 bits per heavy atom. The van der Waals surface area contributed by atoms with E-state index in [-0.39, 0.29) is 5.91 Å². The number of anilines is 1. The molecule has 0 bridgehead atoms. The molecule has 0 radical (unpaired) electrons. The van der Waals surface area contributed by atoms with Gasteiger partial charge in [0.1, 0.15) is 0 Å². The predicted molar refractivity (Wildman–Crippen MR) is 71.5 cm³/mol. The number of H-pyrrole nitrogens is 1. The van der Waals surface area contributed by atoms with E-state index in [0.29, 0.717) is 12.8 Å². The number of rotatable bonds is 4. The van der Waals surface area contributed by atoms with Crippen LogP contribution in [0, 0.1) is 13.8 Å². The van der Waals surface area contributed by atoms with Gasteiger partial charge in [-0.05, 0) is 37.5 Å². The molecule has 0 saturated heterocycles. The van der Waals surface area contributed by atoms with E-state index in [2.05, 4.69) is 15.3 Å². The molecule has 0 spiro atoms. The number of benzene rings is 1. The van der Waals surface area contributed by atoms with Gasteiger partial charge in [-0.1, -0.05) is 12.1 Å². The molecule has 4 nitrogen and oxygen atoms in total. The molecule has 0 aliphatic carbocycles. The number of nitrogens with one attached hydrogen (secondary N) is 2. The number of hydrogen-bond acceptors (Lipinski definition) is 2. The Balaban J connectivity index is 1.92. The first-order valence-electron chi connectivity index (χ1n) is 5.99. The van der Waals surface area contributed by atoms with Gasteiger partial charge < -0.3 is 10.3 Å². The highest BCUT2D eigenvalue weighted by Crippen LogP contribution is 2.16. The minimum absolute atomic E-state index is 0.0262. The lowest BCUT2D eigenvalue weighted by Crippen LogP contribution is -2.13. The molecule has 0 aliphatic rings. The van der Waals surface area contributed by atoms with Gasteiger partial charge in [-0.3, -0.25) is 4.79 Å². The van der Waals surface area contributed by atoms with Gasteiger partial charge in [-0.25, -0.2) is 4.98 Å². The Hall–Kier alpha value is -2.10. The van der Waals surface area contributed by atoms with E-state index >= 15 is 0 Å². The summed E-state index contributed by atoms with van der Waals surface area (Å²) in [6.45, 7) is 4.00. The van der Waals surface area contributed by atoms with Crippen molar-refractivity contribution in [3.05, 3.63) is 47.5 Å². The van der Waals surface area contributed by atoms with Crippen molar-refractivity contribution >= 4 is 11.6 Å². The van der Waals surface area contributed by atoms with E-state index in [4.69, 9.17) is 0 Å². The molecule has 2 aromatic rings. The third kappa shape index (κ3) is 3.20. The van der Waals surface area contributed by atoms with Crippen molar-refractivity contribution in [2.75, 3.05) is 5.32 Å². The number of aromatic amines is 1. The molecule has 2 rings (SSSR count). The van der Waals surface area contributed by atoms with Gasteiger partial charge in [0.15, 0.2) is 0 Å². The summed E-state index contributed by atoms with van der Waals surface area (Å²) in [5.74, 6) is 0.0262. The predicted octanol–water partition coefficient (Wildman–Crippen LogP) is 2.60. The fourth-order valence-corrected chi connectivity index (χ4v) is 1.75. The first-order chi connectivity index (χ1) is 8.65. The van der Waals surface area contributed by atoms with Gasteiger partial charge in [-0.15, -0.1) is 0 Å². The molecule has 2 N–H and O–H groups in total. The molecule has 0 atom stereocenters. The van der Waals surface area contributed by atoms with Gasteiger partial charge >= 0.3 is 0 Å². The maximum atomic E-state index is 11.8. The third-order valence-corrected chi connectivity index (χ3v) is 2.84. The van der Waals surface area contributed by atoms with E-state index in [1.54, 1.807) is 12.5 Å². The van der Waals surface area contributed by atoms with Crippen molar-refractivity contribution in [1.29, 1.82) is 0 Å². The number of nitrogens with zero attached hydrogens (tertiary/aromatic N) is 1.